The predicted molar refractivity (Wildman–Crippen MR) is 92.5 cm³/mol. The van der Waals surface area contributed by atoms with E-state index in [0.717, 1.165) is 12.8 Å². The molecule has 1 aromatic rings. The van der Waals surface area contributed by atoms with Crippen LogP contribution in [0.25, 0.3) is 0 Å². The molecule has 1 aromatic carbocycles. The summed E-state index contributed by atoms with van der Waals surface area (Å²) in [6.07, 6.45) is 2.97. The number of hydrogen-bond donors (Lipinski definition) is 3. The van der Waals surface area contributed by atoms with E-state index in [2.05, 4.69) is 9.44 Å². The Morgan fingerprint density at radius 2 is 1.46 bits per heavy atom. The molecule has 0 aliphatic heterocycles. The van der Waals surface area contributed by atoms with E-state index in [4.69, 9.17) is 5.73 Å². The molecule has 1 aliphatic carbocycles. The van der Waals surface area contributed by atoms with Gasteiger partial charge in [-0.05, 0) is 49.9 Å². The van der Waals surface area contributed by atoms with Gasteiger partial charge in [-0.1, -0.05) is 13.8 Å². The van der Waals surface area contributed by atoms with Gasteiger partial charge in [0.1, 0.15) is 0 Å². The normalized spacial score (nSPS) is 16.3. The number of nitrogens with one attached hydrogen (secondary N) is 2. The Balaban J connectivity index is 2.11. The molecule has 1 fully saturated rings. The molecule has 1 saturated carbocycles. The Morgan fingerprint density at radius 3 is 1.88 bits per heavy atom. The molecule has 7 nitrogen and oxygen atoms in total. The zero-order valence-electron chi connectivity index (χ0n) is 13.9. The topological polar surface area (TPSA) is 118 Å². The number of rotatable bonds is 9. The van der Waals surface area contributed by atoms with Crippen LogP contribution in [0.5, 0.6) is 0 Å². The Bertz CT molecular complexity index is 765. The van der Waals surface area contributed by atoms with Crippen molar-refractivity contribution in [2.24, 2.45) is 5.73 Å². The lowest BCUT2D eigenvalue weighted by atomic mass is 9.95. The maximum atomic E-state index is 12.3. The molecule has 24 heavy (non-hydrogen) atoms. The van der Waals surface area contributed by atoms with Crippen molar-refractivity contribution in [2.45, 2.75) is 60.9 Å². The molecule has 0 unspecified atom stereocenters. The number of benzene rings is 1. The third-order valence-electron chi connectivity index (χ3n) is 4.37. The Hall–Kier alpha value is -1.00. The Labute approximate surface area is 144 Å². The van der Waals surface area contributed by atoms with E-state index in [1.807, 2.05) is 13.8 Å². The lowest BCUT2D eigenvalue weighted by Gasteiger charge is -2.26. The zero-order chi connectivity index (χ0) is 18.0. The zero-order valence-corrected chi connectivity index (χ0v) is 15.6. The second-order valence-corrected chi connectivity index (χ2v) is 9.74. The number of nitrogens with two attached hydrogens (primary N) is 1. The summed E-state index contributed by atoms with van der Waals surface area (Å²) in [4.78, 5) is 0.0751. The summed E-state index contributed by atoms with van der Waals surface area (Å²) < 4.78 is 53.9. The van der Waals surface area contributed by atoms with E-state index in [9.17, 15) is 16.8 Å². The largest absolute Gasteiger partial charge is 0.324 e. The molecule has 2 rings (SSSR count). The van der Waals surface area contributed by atoms with Crippen LogP contribution in [0.4, 0.5) is 0 Å². The molecule has 136 valence electrons. The van der Waals surface area contributed by atoms with Crippen molar-refractivity contribution in [1.29, 1.82) is 0 Å². The first kappa shape index (κ1) is 19.3. The van der Waals surface area contributed by atoms with Crippen LogP contribution >= 0.6 is 0 Å². The molecule has 0 radical (unpaired) electrons. The molecule has 0 spiro atoms. The van der Waals surface area contributed by atoms with Crippen molar-refractivity contribution in [2.75, 3.05) is 6.54 Å². The molecule has 0 bridgehead atoms. The second kappa shape index (κ2) is 7.09. The summed E-state index contributed by atoms with van der Waals surface area (Å²) in [5.74, 6) is 0. The summed E-state index contributed by atoms with van der Waals surface area (Å²) in [6.45, 7) is 3.94. The van der Waals surface area contributed by atoms with Gasteiger partial charge in [-0.3, -0.25) is 0 Å². The van der Waals surface area contributed by atoms with Gasteiger partial charge >= 0.3 is 0 Å². The first-order chi connectivity index (χ1) is 11.1. The smallest absolute Gasteiger partial charge is 0.240 e. The molecule has 0 atom stereocenters. The van der Waals surface area contributed by atoms with Crippen molar-refractivity contribution < 1.29 is 16.8 Å². The van der Waals surface area contributed by atoms with Crippen LogP contribution in [0, 0.1) is 0 Å². The fourth-order valence-electron chi connectivity index (χ4n) is 2.11. The van der Waals surface area contributed by atoms with Gasteiger partial charge in [0.15, 0.2) is 0 Å². The van der Waals surface area contributed by atoms with E-state index < -0.39 is 25.6 Å². The van der Waals surface area contributed by atoms with Crippen LogP contribution in [0.15, 0.2) is 34.1 Å². The minimum atomic E-state index is -3.73. The fourth-order valence-corrected chi connectivity index (χ4v) is 4.55. The van der Waals surface area contributed by atoms with Crippen LogP contribution in [0.2, 0.25) is 0 Å². The summed E-state index contributed by atoms with van der Waals surface area (Å²) in [5.41, 5.74) is 5.51. The Morgan fingerprint density at radius 1 is 1.00 bits per heavy atom. The maximum Gasteiger partial charge on any atom is 0.240 e. The summed E-state index contributed by atoms with van der Waals surface area (Å²) >= 11 is 0. The third kappa shape index (κ3) is 4.76. The van der Waals surface area contributed by atoms with Crippen molar-refractivity contribution in [3.05, 3.63) is 24.3 Å². The van der Waals surface area contributed by atoms with E-state index in [-0.39, 0.29) is 22.4 Å². The summed E-state index contributed by atoms with van der Waals surface area (Å²) in [7, 11) is -7.32. The number of hydrogen-bond acceptors (Lipinski definition) is 5. The van der Waals surface area contributed by atoms with Crippen LogP contribution in [-0.2, 0) is 20.0 Å². The molecular formula is C15H25N3O4S2. The average molecular weight is 376 g/mol. The first-order valence-electron chi connectivity index (χ1n) is 8.03. The molecule has 0 aromatic heterocycles. The van der Waals surface area contributed by atoms with E-state index in [1.165, 1.54) is 24.3 Å². The van der Waals surface area contributed by atoms with Gasteiger partial charge in [0.2, 0.25) is 20.0 Å². The first-order valence-corrected chi connectivity index (χ1v) is 11.0. The minimum absolute atomic E-state index is 0.000778. The lowest BCUT2D eigenvalue weighted by molar-refractivity contribution is 0.392. The standard InChI is InChI=1S/C15H25N3O4S2/c1-3-15(16,4-2)11-17-23(19,20)13-7-9-14(10-8-13)24(21,22)18-12-5-6-12/h7-10,12,17-18H,3-6,11,16H2,1-2H3. The van der Waals surface area contributed by atoms with Crippen molar-refractivity contribution in [3.8, 4) is 0 Å². The number of sulfonamides is 2. The van der Waals surface area contributed by atoms with Gasteiger partial charge in [0.25, 0.3) is 0 Å². The second-order valence-electron chi connectivity index (χ2n) is 6.26. The monoisotopic (exact) mass is 375 g/mol. The van der Waals surface area contributed by atoms with Crippen LogP contribution in [0.1, 0.15) is 39.5 Å². The highest BCUT2D eigenvalue weighted by atomic mass is 32.2. The van der Waals surface area contributed by atoms with Gasteiger partial charge in [-0.15, -0.1) is 0 Å². The van der Waals surface area contributed by atoms with Crippen molar-refractivity contribution in [1.82, 2.24) is 9.44 Å². The third-order valence-corrected chi connectivity index (χ3v) is 7.32. The lowest BCUT2D eigenvalue weighted by Crippen LogP contribution is -2.49. The van der Waals surface area contributed by atoms with Crippen molar-refractivity contribution in [3.63, 3.8) is 0 Å². The minimum Gasteiger partial charge on any atom is -0.324 e. The van der Waals surface area contributed by atoms with Gasteiger partial charge in [-0.25, -0.2) is 26.3 Å². The molecule has 9 heteroatoms. The highest BCUT2D eigenvalue weighted by Gasteiger charge is 2.28. The van der Waals surface area contributed by atoms with E-state index in [1.54, 1.807) is 0 Å². The van der Waals surface area contributed by atoms with E-state index >= 15 is 0 Å². The summed E-state index contributed by atoms with van der Waals surface area (Å²) in [6, 6.07) is 5.18. The molecule has 4 N–H and O–H groups in total. The highest BCUT2D eigenvalue weighted by molar-refractivity contribution is 7.90. The quantitative estimate of drug-likeness (QED) is 0.593. The molecule has 0 saturated heterocycles. The average Bonchev–Trinajstić information content (AvgIpc) is 3.36. The maximum absolute atomic E-state index is 12.3. The predicted octanol–water partition coefficient (Wildman–Crippen LogP) is 0.923. The van der Waals surface area contributed by atoms with Gasteiger partial charge in [0.05, 0.1) is 9.79 Å². The van der Waals surface area contributed by atoms with Gasteiger partial charge < -0.3 is 5.73 Å². The van der Waals surface area contributed by atoms with Crippen molar-refractivity contribution >= 4 is 20.0 Å². The van der Waals surface area contributed by atoms with E-state index in [0.29, 0.717) is 12.8 Å². The molecule has 1 aliphatic rings. The fraction of sp³-hybridized carbons (Fsp3) is 0.600. The van der Waals surface area contributed by atoms with Crippen LogP contribution in [-0.4, -0.2) is 35.0 Å². The molecular weight excluding hydrogens is 350 g/mol. The summed E-state index contributed by atoms with van der Waals surface area (Å²) in [5, 5.41) is 0. The van der Waals surface area contributed by atoms with Gasteiger partial charge in [0, 0.05) is 18.1 Å². The molecule has 0 amide bonds. The highest BCUT2D eigenvalue weighted by Crippen LogP contribution is 2.23. The van der Waals surface area contributed by atoms with Crippen LogP contribution < -0.4 is 15.2 Å². The van der Waals surface area contributed by atoms with Crippen LogP contribution in [0.3, 0.4) is 0 Å². The van der Waals surface area contributed by atoms with Gasteiger partial charge in [-0.2, -0.15) is 0 Å². The SMILES string of the molecule is CCC(N)(CC)CNS(=O)(=O)c1ccc(S(=O)(=O)NC2CC2)cc1. The Kier molecular flexibility index (Phi) is 5.71. The molecule has 0 heterocycles.